The number of benzene rings is 2. The number of nitrogens with zero attached hydrogens (tertiary/aromatic N) is 3. The third-order valence-electron chi connectivity index (χ3n) is 6.15. The molecule has 240 valence electrons. The molecule has 5 rings (SSSR count). The van der Waals surface area contributed by atoms with Crippen LogP contribution >= 0.6 is 11.6 Å². The van der Waals surface area contributed by atoms with Gasteiger partial charge in [0, 0.05) is 36.0 Å². The van der Waals surface area contributed by atoms with Crippen LogP contribution in [0.5, 0.6) is 0 Å². The maximum absolute atomic E-state index is 12.6. The highest BCUT2D eigenvalue weighted by atomic mass is 35.5. The zero-order chi connectivity index (χ0) is 33.5. The molecule has 0 atom stereocenters. The van der Waals surface area contributed by atoms with E-state index < -0.39 is 23.9 Å². The zero-order valence-electron chi connectivity index (χ0n) is 23.3. The van der Waals surface area contributed by atoms with Crippen LogP contribution < -0.4 is 21.3 Å². The Bertz CT molecular complexity index is 1710. The summed E-state index contributed by atoms with van der Waals surface area (Å²) in [5.74, 6) is -5.87. The van der Waals surface area contributed by atoms with E-state index in [2.05, 4.69) is 48.4 Å². The number of nitrogens with one attached hydrogen (secondary N) is 4. The van der Waals surface area contributed by atoms with Crippen molar-refractivity contribution in [1.29, 1.82) is 0 Å². The lowest BCUT2D eigenvalue weighted by Crippen LogP contribution is -2.39. The molecule has 4 aromatic rings. The summed E-state index contributed by atoms with van der Waals surface area (Å²) >= 11 is 6.33. The molecule has 0 fully saturated rings. The first-order valence-corrected chi connectivity index (χ1v) is 13.5. The average Bonchev–Trinajstić information content (AvgIpc) is 3.01. The molecular weight excluding hydrogens is 644 g/mol. The summed E-state index contributed by atoms with van der Waals surface area (Å²) in [6, 6.07) is 17.3. The first-order valence-electron chi connectivity index (χ1n) is 13.1. The van der Waals surface area contributed by atoms with Gasteiger partial charge in [0.1, 0.15) is 5.02 Å². The van der Waals surface area contributed by atoms with Crippen LogP contribution in [0.4, 0.5) is 60.0 Å². The fraction of sp³-hybridized carbons (Fsp3) is 0.172. The van der Waals surface area contributed by atoms with Crippen molar-refractivity contribution >= 4 is 58.0 Å². The van der Waals surface area contributed by atoms with Gasteiger partial charge in [-0.05, 0) is 72.0 Å². The summed E-state index contributed by atoms with van der Waals surface area (Å²) in [7, 11) is 0. The normalized spacial score (nSPS) is 12.3. The number of hydrogen-bond acceptors (Lipinski definition) is 8. The molecule has 4 N–H and O–H groups in total. The molecule has 2 amide bonds. The molecule has 2 aromatic heterocycles. The first-order chi connectivity index (χ1) is 21.7. The van der Waals surface area contributed by atoms with Gasteiger partial charge in [0.15, 0.2) is 5.82 Å². The van der Waals surface area contributed by atoms with Crippen LogP contribution in [0.15, 0.2) is 73.2 Å². The molecule has 2 aromatic carbocycles. The van der Waals surface area contributed by atoms with Gasteiger partial charge >= 0.3 is 30.0 Å². The number of Topliss-reactive ketones (excluding diaryl/α,β-unsaturated/α-hetero) is 2. The molecule has 0 saturated heterocycles. The van der Waals surface area contributed by atoms with Gasteiger partial charge in [-0.25, -0.2) is 9.78 Å². The van der Waals surface area contributed by atoms with Crippen LogP contribution in [-0.4, -0.2) is 44.9 Å². The Labute approximate surface area is 261 Å². The topological polar surface area (TPSA) is 138 Å². The highest BCUT2D eigenvalue weighted by Gasteiger charge is 2.54. The summed E-state index contributed by atoms with van der Waals surface area (Å²) in [5.41, 5.74) is 5.58. The molecule has 1 aliphatic rings. The maximum Gasteiger partial charge on any atom is 0.458 e. The quantitative estimate of drug-likeness (QED) is 0.140. The second kappa shape index (κ2) is 14.2. The predicted octanol–water partition coefficient (Wildman–Crippen LogP) is 6.68. The van der Waals surface area contributed by atoms with Crippen LogP contribution in [0, 0.1) is 0 Å². The minimum Gasteiger partial charge on any atom is -0.339 e. The van der Waals surface area contributed by atoms with Crippen LogP contribution in [0.2, 0.25) is 5.02 Å². The number of alkyl halides is 6. The fourth-order valence-electron chi connectivity index (χ4n) is 3.97. The Morgan fingerprint density at radius 2 is 1.52 bits per heavy atom. The van der Waals surface area contributed by atoms with Gasteiger partial charge in [-0.15, -0.1) is 0 Å². The standard InChI is InChI=1S/C25H22ClN7O.C4F6O2/c26-21-15-28-24-31-19-3-1-2-16(12-19)4-5-18-13-20(30-23(21)33-24)6-7-22(18)32-25(34)29-14-17-8-10-27-11-9-17;5-3(6,7)1(11)2(12)4(8,9)10/h1-3,6-13,15H,4-5,14H2,(H2,29,32,34)(H2,28,30,31,33);. The van der Waals surface area contributed by atoms with Crippen molar-refractivity contribution in [2.45, 2.75) is 31.7 Å². The minimum atomic E-state index is -5.77. The summed E-state index contributed by atoms with van der Waals surface area (Å²) in [5, 5.41) is 12.8. The molecule has 17 heteroatoms. The molecule has 0 spiro atoms. The molecule has 1 aliphatic heterocycles. The monoisotopic (exact) mass is 665 g/mol. The highest BCUT2D eigenvalue weighted by molar-refractivity contribution is 6.41. The summed E-state index contributed by atoms with van der Waals surface area (Å²) in [6.45, 7) is 0.414. The smallest absolute Gasteiger partial charge is 0.339 e. The minimum absolute atomic E-state index is 0.272. The Hall–Kier alpha value is -5.25. The number of urea groups is 1. The van der Waals surface area contributed by atoms with E-state index in [9.17, 15) is 40.7 Å². The van der Waals surface area contributed by atoms with Crippen LogP contribution in [0.3, 0.4) is 0 Å². The number of carbonyl (C=O) groups excluding carboxylic acids is 3. The van der Waals surface area contributed by atoms with Crippen molar-refractivity contribution in [2.24, 2.45) is 0 Å². The highest BCUT2D eigenvalue weighted by Crippen LogP contribution is 2.29. The van der Waals surface area contributed by atoms with Gasteiger partial charge < -0.3 is 21.3 Å². The molecule has 0 unspecified atom stereocenters. The molecule has 6 bridgehead atoms. The number of aromatic nitrogens is 3. The van der Waals surface area contributed by atoms with Crippen molar-refractivity contribution in [3.05, 3.63) is 94.9 Å². The van der Waals surface area contributed by atoms with E-state index in [0.29, 0.717) is 23.3 Å². The lowest BCUT2D eigenvalue weighted by atomic mass is 10.0. The second-order valence-corrected chi connectivity index (χ2v) is 9.94. The summed E-state index contributed by atoms with van der Waals surface area (Å²) < 4.78 is 67.0. The Morgan fingerprint density at radius 1 is 0.848 bits per heavy atom. The number of hydrogen-bond donors (Lipinski definition) is 4. The number of carbonyl (C=O) groups is 3. The average molecular weight is 666 g/mol. The van der Waals surface area contributed by atoms with Gasteiger partial charge in [-0.2, -0.15) is 31.3 Å². The lowest BCUT2D eigenvalue weighted by molar-refractivity contribution is -0.193. The van der Waals surface area contributed by atoms with Crippen molar-refractivity contribution in [2.75, 3.05) is 16.0 Å². The number of aryl methyl sites for hydroxylation is 2. The zero-order valence-corrected chi connectivity index (χ0v) is 24.0. The number of rotatable bonds is 4. The van der Waals surface area contributed by atoms with Crippen LogP contribution in [-0.2, 0) is 29.0 Å². The Morgan fingerprint density at radius 3 is 2.20 bits per heavy atom. The van der Waals surface area contributed by atoms with Crippen molar-refractivity contribution in [3.8, 4) is 0 Å². The number of fused-ring (bicyclic) bond motifs is 6. The van der Waals surface area contributed by atoms with Crippen molar-refractivity contribution in [3.63, 3.8) is 0 Å². The Kier molecular flexibility index (Phi) is 10.4. The van der Waals surface area contributed by atoms with Gasteiger partial charge in [-0.3, -0.25) is 14.6 Å². The van der Waals surface area contributed by atoms with E-state index in [0.717, 1.165) is 46.6 Å². The molecule has 0 aliphatic carbocycles. The third-order valence-corrected chi connectivity index (χ3v) is 6.43. The summed E-state index contributed by atoms with van der Waals surface area (Å²) in [4.78, 5) is 44.6. The first kappa shape index (κ1) is 33.6. The number of anilines is 5. The van der Waals surface area contributed by atoms with E-state index in [4.69, 9.17) is 11.6 Å². The fourth-order valence-corrected chi connectivity index (χ4v) is 4.11. The predicted molar refractivity (Wildman–Crippen MR) is 156 cm³/mol. The molecular formula is C29H22ClF6N7O3. The lowest BCUT2D eigenvalue weighted by Gasteiger charge is -2.15. The van der Waals surface area contributed by atoms with Crippen LogP contribution in [0.1, 0.15) is 16.7 Å². The maximum atomic E-state index is 12.6. The van der Waals surface area contributed by atoms with Gasteiger partial charge in [-0.1, -0.05) is 23.7 Å². The molecule has 46 heavy (non-hydrogen) atoms. The number of pyridine rings is 1. The second-order valence-electron chi connectivity index (χ2n) is 9.53. The summed E-state index contributed by atoms with van der Waals surface area (Å²) in [6.07, 6.45) is -5.05. The van der Waals surface area contributed by atoms with E-state index in [1.165, 1.54) is 0 Å². The van der Waals surface area contributed by atoms with E-state index in [1.54, 1.807) is 18.6 Å². The number of halogens is 7. The molecule has 3 heterocycles. The molecule has 10 nitrogen and oxygen atoms in total. The number of amides is 2. The van der Waals surface area contributed by atoms with Crippen molar-refractivity contribution in [1.82, 2.24) is 20.3 Å². The van der Waals surface area contributed by atoms with Gasteiger partial charge in [0.25, 0.3) is 0 Å². The third kappa shape index (κ3) is 9.37. The molecule has 0 radical (unpaired) electrons. The largest absolute Gasteiger partial charge is 0.458 e. The van der Waals surface area contributed by atoms with Crippen molar-refractivity contribution < 1.29 is 40.7 Å². The van der Waals surface area contributed by atoms with E-state index in [-0.39, 0.29) is 6.03 Å². The number of ketones is 2. The Balaban J connectivity index is 0.000000342. The van der Waals surface area contributed by atoms with E-state index >= 15 is 0 Å². The SMILES string of the molecule is O=C(C(=O)C(F)(F)F)C(F)(F)F.O=C(NCc1ccncc1)Nc1ccc2cc1CCc1cccc(c1)Nc1ncc(Cl)c(n1)N2. The van der Waals surface area contributed by atoms with E-state index in [1.807, 2.05) is 42.5 Å². The van der Waals surface area contributed by atoms with Gasteiger partial charge in [0.05, 0.1) is 6.20 Å². The van der Waals surface area contributed by atoms with Gasteiger partial charge in [0.2, 0.25) is 5.95 Å². The van der Waals surface area contributed by atoms with Crippen LogP contribution in [0.25, 0.3) is 0 Å². The molecule has 0 saturated carbocycles.